The molecule has 1 amide bonds. The summed E-state index contributed by atoms with van der Waals surface area (Å²) in [5.41, 5.74) is 0. The van der Waals surface area contributed by atoms with Gasteiger partial charge in [0.2, 0.25) is 5.91 Å². The summed E-state index contributed by atoms with van der Waals surface area (Å²) in [6, 6.07) is 5.86. The van der Waals surface area contributed by atoms with Gasteiger partial charge >= 0.3 is 0 Å². The van der Waals surface area contributed by atoms with Gasteiger partial charge in [-0.3, -0.25) is 4.79 Å². The number of thioether (sulfide) groups is 1. The maximum Gasteiger partial charge on any atom is 0.223 e. The highest BCUT2D eigenvalue weighted by molar-refractivity contribution is 7.99. The molecule has 2 saturated heterocycles. The van der Waals surface area contributed by atoms with E-state index < -0.39 is 0 Å². The van der Waals surface area contributed by atoms with Crippen molar-refractivity contribution in [3.8, 4) is 11.5 Å². The number of ether oxygens (including phenoxy) is 2. The van der Waals surface area contributed by atoms with Crippen molar-refractivity contribution in [3.05, 3.63) is 18.2 Å². The molecule has 0 radical (unpaired) electrons. The van der Waals surface area contributed by atoms with Crippen molar-refractivity contribution in [2.45, 2.75) is 11.3 Å². The lowest BCUT2D eigenvalue weighted by Gasteiger charge is -2.17. The van der Waals surface area contributed by atoms with Crippen molar-refractivity contribution in [1.29, 1.82) is 0 Å². The monoisotopic (exact) mass is 372 g/mol. The largest absolute Gasteiger partial charge is 0.493 e. The predicted molar refractivity (Wildman–Crippen MR) is 98.6 cm³/mol. The van der Waals surface area contributed by atoms with Gasteiger partial charge in [-0.05, 0) is 30.0 Å². The van der Waals surface area contributed by atoms with Crippen LogP contribution in [0.4, 0.5) is 0 Å². The molecule has 7 heteroatoms. The van der Waals surface area contributed by atoms with E-state index >= 15 is 0 Å². The highest BCUT2D eigenvalue weighted by Crippen LogP contribution is 2.32. The van der Waals surface area contributed by atoms with Gasteiger partial charge in [-0.1, -0.05) is 0 Å². The van der Waals surface area contributed by atoms with Crippen LogP contribution in [0.15, 0.2) is 23.1 Å². The van der Waals surface area contributed by atoms with Crippen LogP contribution in [0.5, 0.6) is 11.5 Å². The van der Waals surface area contributed by atoms with Crippen LogP contribution in [-0.4, -0.2) is 57.0 Å². The molecule has 0 aromatic heterocycles. The first-order valence-corrected chi connectivity index (χ1v) is 9.03. The van der Waals surface area contributed by atoms with Gasteiger partial charge in [0.05, 0.1) is 14.2 Å². The van der Waals surface area contributed by atoms with Gasteiger partial charge in [0, 0.05) is 43.2 Å². The number of halogens is 1. The second-order valence-electron chi connectivity index (χ2n) is 6.09. The molecule has 1 aromatic rings. The SMILES string of the molecule is COc1ccc(SCCC(=O)N2C[C@H]3CNC[C@H]3C2)cc1OC.Cl. The van der Waals surface area contributed by atoms with E-state index in [-0.39, 0.29) is 18.3 Å². The molecule has 2 aliphatic rings. The van der Waals surface area contributed by atoms with E-state index in [2.05, 4.69) is 5.32 Å². The Labute approximate surface area is 153 Å². The molecular weight excluding hydrogens is 348 g/mol. The third-order valence-electron chi connectivity index (χ3n) is 4.68. The summed E-state index contributed by atoms with van der Waals surface area (Å²) in [7, 11) is 3.26. The molecule has 2 atom stereocenters. The molecule has 0 spiro atoms. The molecular formula is C17H25ClN2O3S. The van der Waals surface area contributed by atoms with Crippen LogP contribution >= 0.6 is 24.2 Å². The Morgan fingerprint density at radius 1 is 1.21 bits per heavy atom. The number of methoxy groups -OCH3 is 2. The highest BCUT2D eigenvalue weighted by atomic mass is 35.5. The molecule has 0 unspecified atom stereocenters. The molecule has 2 aliphatic heterocycles. The zero-order valence-electron chi connectivity index (χ0n) is 14.1. The van der Waals surface area contributed by atoms with E-state index in [4.69, 9.17) is 9.47 Å². The molecule has 0 aliphatic carbocycles. The Balaban J connectivity index is 0.00000208. The van der Waals surface area contributed by atoms with Crippen LogP contribution in [0, 0.1) is 11.8 Å². The Morgan fingerprint density at radius 2 is 1.88 bits per heavy atom. The van der Waals surface area contributed by atoms with Crippen LogP contribution < -0.4 is 14.8 Å². The van der Waals surface area contributed by atoms with Crippen molar-refractivity contribution < 1.29 is 14.3 Å². The zero-order valence-corrected chi connectivity index (χ0v) is 15.8. The molecule has 134 valence electrons. The molecule has 2 heterocycles. The second kappa shape index (κ2) is 8.83. The van der Waals surface area contributed by atoms with Gasteiger partial charge < -0.3 is 19.7 Å². The number of hydrogen-bond donors (Lipinski definition) is 1. The number of rotatable bonds is 6. The summed E-state index contributed by atoms with van der Waals surface area (Å²) in [5.74, 6) is 3.86. The number of amides is 1. The van der Waals surface area contributed by atoms with Gasteiger partial charge in [-0.25, -0.2) is 0 Å². The lowest BCUT2D eigenvalue weighted by Crippen LogP contribution is -2.32. The average Bonchev–Trinajstić information content (AvgIpc) is 3.16. The fourth-order valence-electron chi connectivity index (χ4n) is 3.38. The van der Waals surface area contributed by atoms with E-state index in [1.54, 1.807) is 26.0 Å². The molecule has 1 aromatic carbocycles. The topological polar surface area (TPSA) is 50.8 Å². The molecule has 5 nitrogen and oxygen atoms in total. The molecule has 1 N–H and O–H groups in total. The molecule has 24 heavy (non-hydrogen) atoms. The maximum absolute atomic E-state index is 12.3. The van der Waals surface area contributed by atoms with Crippen LogP contribution in [0.25, 0.3) is 0 Å². The quantitative estimate of drug-likeness (QED) is 0.776. The van der Waals surface area contributed by atoms with Gasteiger partial charge in [0.15, 0.2) is 11.5 Å². The Bertz CT molecular complexity index is 561. The maximum atomic E-state index is 12.3. The number of benzene rings is 1. The number of hydrogen-bond acceptors (Lipinski definition) is 5. The predicted octanol–water partition coefficient (Wildman–Crippen LogP) is 2.29. The van der Waals surface area contributed by atoms with Gasteiger partial charge in [-0.15, -0.1) is 24.2 Å². The van der Waals surface area contributed by atoms with E-state index in [0.29, 0.717) is 18.3 Å². The van der Waals surface area contributed by atoms with Crippen LogP contribution in [0.2, 0.25) is 0 Å². The number of nitrogens with one attached hydrogen (secondary N) is 1. The number of carbonyl (C=O) groups is 1. The lowest BCUT2D eigenvalue weighted by molar-refractivity contribution is -0.129. The fourth-order valence-corrected chi connectivity index (χ4v) is 4.25. The lowest BCUT2D eigenvalue weighted by atomic mass is 10.0. The minimum absolute atomic E-state index is 0. The zero-order chi connectivity index (χ0) is 16.2. The van der Waals surface area contributed by atoms with Gasteiger partial charge in [-0.2, -0.15) is 0 Å². The van der Waals surface area contributed by atoms with Crippen LogP contribution in [0.3, 0.4) is 0 Å². The smallest absolute Gasteiger partial charge is 0.223 e. The van der Waals surface area contributed by atoms with Crippen LogP contribution in [-0.2, 0) is 4.79 Å². The van der Waals surface area contributed by atoms with Crippen molar-refractivity contribution in [3.63, 3.8) is 0 Å². The van der Waals surface area contributed by atoms with Crippen molar-refractivity contribution in [2.75, 3.05) is 46.2 Å². The van der Waals surface area contributed by atoms with Crippen molar-refractivity contribution >= 4 is 30.1 Å². The fraction of sp³-hybridized carbons (Fsp3) is 0.588. The molecule has 3 rings (SSSR count). The summed E-state index contributed by atoms with van der Waals surface area (Å²) in [4.78, 5) is 15.5. The number of carbonyl (C=O) groups excluding carboxylic acids is 1. The van der Waals surface area contributed by atoms with Gasteiger partial charge in [0.25, 0.3) is 0 Å². The van der Waals surface area contributed by atoms with Crippen molar-refractivity contribution in [2.24, 2.45) is 11.8 Å². The molecule has 0 saturated carbocycles. The first kappa shape index (κ1) is 19.2. The third-order valence-corrected chi connectivity index (χ3v) is 5.68. The summed E-state index contributed by atoms with van der Waals surface area (Å²) in [6.45, 7) is 3.98. The Morgan fingerprint density at radius 3 is 2.50 bits per heavy atom. The first-order chi connectivity index (χ1) is 11.2. The van der Waals surface area contributed by atoms with E-state index in [0.717, 1.165) is 48.3 Å². The first-order valence-electron chi connectivity index (χ1n) is 8.04. The van der Waals surface area contributed by atoms with E-state index in [9.17, 15) is 4.79 Å². The Kier molecular flexibility index (Phi) is 7.07. The minimum Gasteiger partial charge on any atom is -0.493 e. The molecule has 0 bridgehead atoms. The number of fused-ring (bicyclic) bond motifs is 1. The van der Waals surface area contributed by atoms with Crippen molar-refractivity contribution in [1.82, 2.24) is 10.2 Å². The highest BCUT2D eigenvalue weighted by Gasteiger charge is 2.37. The average molecular weight is 373 g/mol. The molecule has 2 fully saturated rings. The second-order valence-corrected chi connectivity index (χ2v) is 7.26. The third kappa shape index (κ3) is 4.29. The Hall–Kier alpha value is -1.11. The summed E-state index contributed by atoms with van der Waals surface area (Å²) >= 11 is 1.68. The summed E-state index contributed by atoms with van der Waals surface area (Å²) in [6.07, 6.45) is 0.589. The summed E-state index contributed by atoms with van der Waals surface area (Å²) < 4.78 is 10.5. The number of likely N-dealkylation sites (tertiary alicyclic amines) is 1. The normalized spacial score (nSPS) is 22.0. The van der Waals surface area contributed by atoms with Crippen LogP contribution in [0.1, 0.15) is 6.42 Å². The standard InChI is InChI=1S/C17H24N2O3S.ClH/c1-21-15-4-3-14(7-16(15)22-2)23-6-5-17(20)19-10-12-8-18-9-13(12)11-19;/h3-4,7,12-13,18H,5-6,8-11H2,1-2H3;1H/t12-,13+;. The van der Waals surface area contributed by atoms with E-state index in [1.165, 1.54) is 0 Å². The van der Waals surface area contributed by atoms with E-state index in [1.807, 2.05) is 23.1 Å². The summed E-state index contributed by atoms with van der Waals surface area (Å²) in [5, 5.41) is 3.40. The van der Waals surface area contributed by atoms with Gasteiger partial charge in [0.1, 0.15) is 0 Å². The minimum atomic E-state index is 0. The number of nitrogens with zero attached hydrogens (tertiary/aromatic N) is 1.